The summed E-state index contributed by atoms with van der Waals surface area (Å²) in [5, 5.41) is 9.14. The van der Waals surface area contributed by atoms with Crippen LogP contribution >= 0.6 is 35.3 Å². The number of thiophene rings is 1. The number of likely N-dealkylation sites (tertiary alicyclic amines) is 1. The summed E-state index contributed by atoms with van der Waals surface area (Å²) in [7, 11) is 0. The Labute approximate surface area is 162 Å². The molecule has 2 rings (SSSR count). The van der Waals surface area contributed by atoms with Gasteiger partial charge in [-0.25, -0.2) is 0 Å². The maximum atomic E-state index is 4.74. The molecule has 2 heterocycles. The monoisotopic (exact) mass is 450 g/mol. The number of rotatable bonds is 6. The van der Waals surface area contributed by atoms with Gasteiger partial charge in [-0.3, -0.25) is 9.89 Å². The minimum absolute atomic E-state index is 0. The van der Waals surface area contributed by atoms with Crippen LogP contribution in [0.5, 0.6) is 0 Å². The van der Waals surface area contributed by atoms with E-state index in [9.17, 15) is 0 Å². The molecule has 1 aliphatic rings. The van der Waals surface area contributed by atoms with Crippen LogP contribution in [-0.2, 0) is 6.42 Å². The van der Waals surface area contributed by atoms with Crippen LogP contribution in [0.25, 0.3) is 0 Å². The predicted molar refractivity (Wildman–Crippen MR) is 112 cm³/mol. The van der Waals surface area contributed by atoms with Crippen molar-refractivity contribution >= 4 is 41.3 Å². The standard InChI is InChI=1S/C17H30N4S.HI/c1-5-18-17(19-9-8-15-7-6-10-22-15)20-16-12-21(13(2)3)11-14(16)4;/h6-7,10,13-14,16H,5,8-9,11-12H2,1-4H3,(H2,18,19,20);1H. The van der Waals surface area contributed by atoms with Gasteiger partial charge >= 0.3 is 0 Å². The van der Waals surface area contributed by atoms with Gasteiger partial charge in [0.15, 0.2) is 5.96 Å². The van der Waals surface area contributed by atoms with Crippen molar-refractivity contribution in [3.8, 4) is 0 Å². The Morgan fingerprint density at radius 1 is 1.43 bits per heavy atom. The molecule has 1 fully saturated rings. The highest BCUT2D eigenvalue weighted by Crippen LogP contribution is 2.18. The van der Waals surface area contributed by atoms with Gasteiger partial charge in [-0.1, -0.05) is 13.0 Å². The number of halogens is 1. The molecule has 0 aliphatic carbocycles. The molecule has 2 N–H and O–H groups in total. The average molecular weight is 450 g/mol. The van der Waals surface area contributed by atoms with E-state index in [1.807, 2.05) is 11.3 Å². The number of hydrogen-bond donors (Lipinski definition) is 2. The SMILES string of the molecule is CCNC(=NCCc1cccs1)NC1CN(C(C)C)CC1C.I. The van der Waals surface area contributed by atoms with Gasteiger partial charge in [0, 0.05) is 49.6 Å². The third-order valence-corrected chi connectivity index (χ3v) is 5.18. The fourth-order valence-corrected chi connectivity index (χ4v) is 3.54. The molecule has 2 atom stereocenters. The zero-order valence-corrected chi connectivity index (χ0v) is 17.9. The summed E-state index contributed by atoms with van der Waals surface area (Å²) in [6, 6.07) is 5.39. The van der Waals surface area contributed by atoms with Crippen LogP contribution in [-0.4, -0.2) is 49.1 Å². The van der Waals surface area contributed by atoms with Crippen LogP contribution in [0.3, 0.4) is 0 Å². The minimum Gasteiger partial charge on any atom is -0.357 e. The first kappa shape index (κ1) is 20.7. The Balaban J connectivity index is 0.00000264. The largest absolute Gasteiger partial charge is 0.357 e. The first-order valence-corrected chi connectivity index (χ1v) is 9.29. The predicted octanol–water partition coefficient (Wildman–Crippen LogP) is 3.19. The molecular formula is C17H31IN4S. The van der Waals surface area contributed by atoms with Gasteiger partial charge in [-0.2, -0.15) is 0 Å². The molecule has 4 nitrogen and oxygen atoms in total. The van der Waals surface area contributed by atoms with E-state index < -0.39 is 0 Å². The second-order valence-corrected chi connectivity index (χ2v) is 7.40. The van der Waals surface area contributed by atoms with Crippen LogP contribution < -0.4 is 10.6 Å². The first-order valence-electron chi connectivity index (χ1n) is 8.41. The molecule has 1 aromatic rings. The third kappa shape index (κ3) is 6.58. The lowest BCUT2D eigenvalue weighted by Gasteiger charge is -2.21. The maximum absolute atomic E-state index is 4.74. The fourth-order valence-electron chi connectivity index (χ4n) is 2.84. The van der Waals surface area contributed by atoms with E-state index in [2.05, 4.69) is 60.7 Å². The van der Waals surface area contributed by atoms with Gasteiger partial charge in [0.05, 0.1) is 0 Å². The normalized spacial score (nSPS) is 22.2. The van der Waals surface area contributed by atoms with Gasteiger partial charge in [-0.05, 0) is 38.1 Å². The van der Waals surface area contributed by atoms with Crippen molar-refractivity contribution in [3.63, 3.8) is 0 Å². The summed E-state index contributed by atoms with van der Waals surface area (Å²) in [5.74, 6) is 1.62. The Hall–Kier alpha value is -0.340. The molecule has 1 saturated heterocycles. The molecule has 0 aromatic carbocycles. The van der Waals surface area contributed by atoms with Crippen molar-refractivity contribution < 1.29 is 0 Å². The van der Waals surface area contributed by atoms with Crippen molar-refractivity contribution in [2.45, 2.75) is 46.2 Å². The molecule has 1 aromatic heterocycles. The van der Waals surface area contributed by atoms with Crippen LogP contribution in [0.1, 0.15) is 32.6 Å². The van der Waals surface area contributed by atoms with Crippen LogP contribution in [0.15, 0.2) is 22.5 Å². The molecule has 23 heavy (non-hydrogen) atoms. The Morgan fingerprint density at radius 3 is 2.78 bits per heavy atom. The molecule has 1 aliphatic heterocycles. The molecule has 132 valence electrons. The zero-order chi connectivity index (χ0) is 15.9. The molecule has 0 saturated carbocycles. The summed E-state index contributed by atoms with van der Waals surface area (Å²) in [5.41, 5.74) is 0. The smallest absolute Gasteiger partial charge is 0.191 e. The Bertz CT molecular complexity index is 461. The summed E-state index contributed by atoms with van der Waals surface area (Å²) in [4.78, 5) is 8.68. The van der Waals surface area contributed by atoms with Gasteiger partial charge < -0.3 is 10.6 Å². The van der Waals surface area contributed by atoms with E-state index in [1.54, 1.807) is 0 Å². The zero-order valence-electron chi connectivity index (χ0n) is 14.7. The van der Waals surface area contributed by atoms with Crippen molar-refractivity contribution in [2.24, 2.45) is 10.9 Å². The van der Waals surface area contributed by atoms with E-state index >= 15 is 0 Å². The van der Waals surface area contributed by atoms with Gasteiger partial charge in [0.2, 0.25) is 0 Å². The highest BCUT2D eigenvalue weighted by molar-refractivity contribution is 14.0. The maximum Gasteiger partial charge on any atom is 0.191 e. The summed E-state index contributed by atoms with van der Waals surface area (Å²) in [6.45, 7) is 13.0. The molecule has 0 spiro atoms. The first-order chi connectivity index (χ1) is 10.6. The van der Waals surface area contributed by atoms with Gasteiger partial charge in [0.1, 0.15) is 0 Å². The van der Waals surface area contributed by atoms with E-state index in [0.717, 1.165) is 32.0 Å². The second-order valence-electron chi connectivity index (χ2n) is 6.37. The number of nitrogens with one attached hydrogen (secondary N) is 2. The number of aliphatic imine (C=N–C) groups is 1. The highest BCUT2D eigenvalue weighted by atomic mass is 127. The lowest BCUT2D eigenvalue weighted by atomic mass is 10.1. The molecule has 2 unspecified atom stereocenters. The van der Waals surface area contributed by atoms with Crippen LogP contribution in [0.2, 0.25) is 0 Å². The topological polar surface area (TPSA) is 39.7 Å². The lowest BCUT2D eigenvalue weighted by molar-refractivity contribution is 0.265. The Kier molecular flexibility index (Phi) is 9.46. The van der Waals surface area contributed by atoms with Crippen molar-refractivity contribution in [3.05, 3.63) is 22.4 Å². The number of guanidine groups is 1. The minimum atomic E-state index is 0. The van der Waals surface area contributed by atoms with E-state index in [1.165, 1.54) is 11.4 Å². The van der Waals surface area contributed by atoms with Crippen LogP contribution in [0, 0.1) is 5.92 Å². The molecule has 0 amide bonds. The molecule has 0 radical (unpaired) electrons. The third-order valence-electron chi connectivity index (χ3n) is 4.25. The molecule has 6 heteroatoms. The molecule has 0 bridgehead atoms. The number of hydrogen-bond acceptors (Lipinski definition) is 3. The summed E-state index contributed by atoms with van der Waals surface area (Å²) >= 11 is 1.81. The van der Waals surface area contributed by atoms with Gasteiger partial charge in [0.25, 0.3) is 0 Å². The molecular weight excluding hydrogens is 419 g/mol. The fraction of sp³-hybridized carbons (Fsp3) is 0.706. The van der Waals surface area contributed by atoms with Crippen molar-refractivity contribution in [2.75, 3.05) is 26.2 Å². The lowest BCUT2D eigenvalue weighted by Crippen LogP contribution is -2.46. The van der Waals surface area contributed by atoms with E-state index in [-0.39, 0.29) is 24.0 Å². The summed E-state index contributed by atoms with van der Waals surface area (Å²) in [6.07, 6.45) is 1.02. The van der Waals surface area contributed by atoms with Crippen molar-refractivity contribution in [1.29, 1.82) is 0 Å². The van der Waals surface area contributed by atoms with Gasteiger partial charge in [-0.15, -0.1) is 35.3 Å². The quantitative estimate of drug-likeness (QED) is 0.397. The highest BCUT2D eigenvalue weighted by Gasteiger charge is 2.31. The number of nitrogens with zero attached hydrogens (tertiary/aromatic N) is 2. The Morgan fingerprint density at radius 2 is 2.22 bits per heavy atom. The van der Waals surface area contributed by atoms with E-state index in [0.29, 0.717) is 18.0 Å². The second kappa shape index (κ2) is 10.5. The van der Waals surface area contributed by atoms with E-state index in [4.69, 9.17) is 4.99 Å². The van der Waals surface area contributed by atoms with Crippen molar-refractivity contribution in [1.82, 2.24) is 15.5 Å². The van der Waals surface area contributed by atoms with Crippen LogP contribution in [0.4, 0.5) is 0 Å². The summed E-state index contributed by atoms with van der Waals surface area (Å²) < 4.78 is 0. The average Bonchev–Trinajstić information content (AvgIpc) is 3.10.